The number of aliphatic hydroxyl groups excluding tert-OH is 1. The molecule has 2 N–H and O–H groups in total. The lowest BCUT2D eigenvalue weighted by molar-refractivity contribution is -0.220. The summed E-state index contributed by atoms with van der Waals surface area (Å²) in [6.07, 6.45) is -2.45. The van der Waals surface area contributed by atoms with Gasteiger partial charge in [-0.15, -0.1) is 0 Å². The summed E-state index contributed by atoms with van der Waals surface area (Å²) in [7, 11) is 0. The molecule has 1 aliphatic carbocycles. The Morgan fingerprint density at radius 3 is 2.00 bits per heavy atom. The molecule has 5 nitrogen and oxygen atoms in total. The first kappa shape index (κ1) is 24.2. The second-order valence-corrected chi connectivity index (χ2v) is 10.9. The number of aliphatic hydroxyl groups is 1. The van der Waals surface area contributed by atoms with Gasteiger partial charge in [-0.05, 0) is 11.1 Å². The summed E-state index contributed by atoms with van der Waals surface area (Å²) in [6.45, 7) is 3.13. The zero-order chi connectivity index (χ0) is 22.7. The topological polar surface area (TPSA) is 60.0 Å². The molecule has 7 unspecified atom stereocenters. The second kappa shape index (κ2) is 10.6. The molecule has 32 heavy (non-hydrogen) atoms. The third-order valence-electron chi connectivity index (χ3n) is 6.31. The van der Waals surface area contributed by atoms with Crippen LogP contribution < -0.4 is 5.32 Å². The van der Waals surface area contributed by atoms with Gasteiger partial charge in [-0.25, -0.2) is 0 Å². The lowest BCUT2D eigenvalue weighted by atomic mass is 9.72. The fourth-order valence-electron chi connectivity index (χ4n) is 4.61. The lowest BCUT2D eigenvalue weighted by Crippen LogP contribution is -2.69. The summed E-state index contributed by atoms with van der Waals surface area (Å²) < 4.78 is 16.7. The van der Waals surface area contributed by atoms with E-state index in [1.807, 2.05) is 60.7 Å². The van der Waals surface area contributed by atoms with Crippen LogP contribution in [0, 0.1) is 11.8 Å². The van der Waals surface area contributed by atoms with Crippen molar-refractivity contribution in [3.63, 3.8) is 0 Å². The molecule has 1 saturated heterocycles. The van der Waals surface area contributed by atoms with Crippen molar-refractivity contribution in [2.24, 2.45) is 11.8 Å². The maximum Gasteiger partial charge on any atom is 0.229 e. The van der Waals surface area contributed by atoms with Crippen molar-refractivity contribution in [1.29, 1.82) is 0 Å². The number of fused-ring (bicyclic) bond motifs is 1. The van der Waals surface area contributed by atoms with Crippen molar-refractivity contribution in [2.75, 3.05) is 6.61 Å². The summed E-state index contributed by atoms with van der Waals surface area (Å²) in [4.78, 5) is 0. The maximum atomic E-state index is 11.3. The molecular formula is C24H28Cl3NO4. The van der Waals surface area contributed by atoms with Crippen molar-refractivity contribution in [2.45, 2.75) is 54.5 Å². The van der Waals surface area contributed by atoms with Crippen molar-refractivity contribution in [3.05, 3.63) is 71.8 Å². The zero-order valence-electron chi connectivity index (χ0n) is 17.7. The van der Waals surface area contributed by atoms with E-state index in [4.69, 9.17) is 49.0 Å². The summed E-state index contributed by atoms with van der Waals surface area (Å²) in [5.41, 5.74) is 2.09. The molecule has 4 rings (SSSR count). The third kappa shape index (κ3) is 5.60. The van der Waals surface area contributed by atoms with Crippen LogP contribution in [0.3, 0.4) is 0 Å². The van der Waals surface area contributed by atoms with E-state index in [1.165, 1.54) is 0 Å². The normalized spacial score (nSPS) is 33.0. The molecule has 2 aliphatic rings. The Labute approximate surface area is 203 Å². The molecule has 1 heterocycles. The molecule has 0 spiro atoms. The van der Waals surface area contributed by atoms with Crippen LogP contribution in [0.2, 0.25) is 0 Å². The van der Waals surface area contributed by atoms with E-state index < -0.39 is 22.2 Å². The first-order valence-corrected chi connectivity index (χ1v) is 11.9. The number of hydrogen-bond acceptors (Lipinski definition) is 5. The predicted molar refractivity (Wildman–Crippen MR) is 126 cm³/mol. The van der Waals surface area contributed by atoms with E-state index >= 15 is 0 Å². The average Bonchev–Trinajstić information content (AvgIpc) is 2.80. The van der Waals surface area contributed by atoms with Gasteiger partial charge in [0, 0.05) is 17.9 Å². The molecule has 1 saturated carbocycles. The maximum absolute atomic E-state index is 11.3. The van der Waals surface area contributed by atoms with Crippen molar-refractivity contribution < 1.29 is 19.3 Å². The highest BCUT2D eigenvalue weighted by Gasteiger charge is 2.54. The van der Waals surface area contributed by atoms with Crippen LogP contribution in [-0.2, 0) is 27.4 Å². The SMILES string of the molecule is CC1C2NC(C(Cl)(Cl)Cl)OCC2C(O)C(OCc2ccccc2)C1OCc1ccccc1. The highest BCUT2D eigenvalue weighted by Crippen LogP contribution is 2.41. The monoisotopic (exact) mass is 499 g/mol. The van der Waals surface area contributed by atoms with Crippen LogP contribution in [0.4, 0.5) is 0 Å². The number of nitrogens with one attached hydrogen (secondary N) is 1. The number of hydrogen-bond donors (Lipinski definition) is 2. The van der Waals surface area contributed by atoms with Crippen LogP contribution in [0.15, 0.2) is 60.7 Å². The Morgan fingerprint density at radius 2 is 1.47 bits per heavy atom. The Kier molecular flexibility index (Phi) is 8.01. The predicted octanol–water partition coefficient (Wildman–Crippen LogP) is 4.47. The zero-order valence-corrected chi connectivity index (χ0v) is 20.0. The smallest absolute Gasteiger partial charge is 0.229 e. The van der Waals surface area contributed by atoms with Crippen molar-refractivity contribution in [3.8, 4) is 0 Å². The molecule has 7 atom stereocenters. The number of rotatable bonds is 6. The van der Waals surface area contributed by atoms with Crippen LogP contribution in [-0.4, -0.2) is 46.1 Å². The van der Waals surface area contributed by atoms with Crippen LogP contribution in [0.5, 0.6) is 0 Å². The van der Waals surface area contributed by atoms with Gasteiger partial charge in [-0.2, -0.15) is 0 Å². The Morgan fingerprint density at radius 1 is 0.938 bits per heavy atom. The van der Waals surface area contributed by atoms with E-state index in [0.717, 1.165) is 11.1 Å². The fourth-order valence-corrected chi connectivity index (χ4v) is 4.99. The van der Waals surface area contributed by atoms with E-state index in [-0.39, 0.29) is 30.6 Å². The van der Waals surface area contributed by atoms with Gasteiger partial charge in [-0.3, -0.25) is 5.32 Å². The molecule has 8 heteroatoms. The fraction of sp³-hybridized carbons (Fsp3) is 0.500. The minimum atomic E-state index is -1.61. The molecule has 2 fully saturated rings. The Bertz CT molecular complexity index is 851. The molecule has 0 bridgehead atoms. The van der Waals surface area contributed by atoms with E-state index in [2.05, 4.69) is 12.2 Å². The molecule has 0 amide bonds. The van der Waals surface area contributed by atoms with Crippen LogP contribution in [0.25, 0.3) is 0 Å². The van der Waals surface area contributed by atoms with Gasteiger partial charge in [0.2, 0.25) is 3.79 Å². The standard InChI is InChI=1S/C24H28Cl3NO4/c1-15-19-18(14-32-23(28-19)24(25,26)27)20(29)22(31-13-17-10-6-3-7-11-17)21(15)30-12-16-8-4-2-5-9-16/h2-11,15,18-23,28-29H,12-14H2,1H3. The van der Waals surface area contributed by atoms with E-state index in [1.54, 1.807) is 0 Å². The lowest BCUT2D eigenvalue weighted by Gasteiger charge is -2.52. The van der Waals surface area contributed by atoms with Gasteiger partial charge in [0.15, 0.2) is 6.23 Å². The van der Waals surface area contributed by atoms with Crippen LogP contribution in [0.1, 0.15) is 18.1 Å². The molecule has 2 aromatic rings. The third-order valence-corrected chi connectivity index (χ3v) is 6.91. The number of ether oxygens (including phenoxy) is 3. The summed E-state index contributed by atoms with van der Waals surface area (Å²) in [6, 6.07) is 19.7. The Balaban J connectivity index is 1.53. The second-order valence-electron chi connectivity index (χ2n) is 8.48. The van der Waals surface area contributed by atoms with Gasteiger partial charge >= 0.3 is 0 Å². The van der Waals surface area contributed by atoms with Crippen molar-refractivity contribution >= 4 is 34.8 Å². The highest BCUT2D eigenvalue weighted by molar-refractivity contribution is 6.68. The molecule has 174 valence electrons. The largest absolute Gasteiger partial charge is 0.390 e. The van der Waals surface area contributed by atoms with Gasteiger partial charge in [0.25, 0.3) is 0 Å². The molecule has 1 aliphatic heterocycles. The molecule has 0 aromatic heterocycles. The van der Waals surface area contributed by atoms with Gasteiger partial charge < -0.3 is 19.3 Å². The first-order valence-electron chi connectivity index (χ1n) is 10.8. The van der Waals surface area contributed by atoms with Gasteiger partial charge in [0.1, 0.15) is 6.10 Å². The van der Waals surface area contributed by atoms with Gasteiger partial charge in [-0.1, -0.05) is 102 Å². The molecule has 0 radical (unpaired) electrons. The van der Waals surface area contributed by atoms with Crippen molar-refractivity contribution in [1.82, 2.24) is 5.32 Å². The molecule has 2 aromatic carbocycles. The number of benzene rings is 2. The van der Waals surface area contributed by atoms with Crippen LogP contribution >= 0.6 is 34.8 Å². The minimum Gasteiger partial charge on any atom is -0.390 e. The first-order chi connectivity index (χ1) is 15.3. The summed E-state index contributed by atoms with van der Waals surface area (Å²) in [5, 5.41) is 14.6. The Hall–Kier alpha value is -0.890. The quantitative estimate of drug-likeness (QED) is 0.573. The van der Waals surface area contributed by atoms with E-state index in [9.17, 15) is 5.11 Å². The molecular weight excluding hydrogens is 473 g/mol. The summed E-state index contributed by atoms with van der Waals surface area (Å²) >= 11 is 18.2. The summed E-state index contributed by atoms with van der Waals surface area (Å²) in [5.74, 6) is -0.238. The number of alkyl halides is 3. The average molecular weight is 501 g/mol. The highest BCUT2D eigenvalue weighted by atomic mass is 35.6. The van der Waals surface area contributed by atoms with E-state index in [0.29, 0.717) is 13.2 Å². The van der Waals surface area contributed by atoms with Gasteiger partial charge in [0.05, 0.1) is 32.0 Å². The number of halogens is 3. The minimum absolute atomic E-state index is 0.0216.